The topological polar surface area (TPSA) is 79.8 Å². The molecule has 2 heterocycles. The van der Waals surface area contributed by atoms with Crippen LogP contribution in [0.3, 0.4) is 0 Å². The fraction of sp³-hybridized carbons (Fsp3) is 0.421. The van der Waals surface area contributed by atoms with Crippen LogP contribution in [0, 0.1) is 6.92 Å². The molecule has 1 aliphatic heterocycles. The highest BCUT2D eigenvalue weighted by Crippen LogP contribution is 2.28. The molecule has 1 aromatic carbocycles. The van der Waals surface area contributed by atoms with Gasteiger partial charge in [-0.3, -0.25) is 0 Å². The van der Waals surface area contributed by atoms with E-state index in [9.17, 15) is 4.79 Å². The Bertz CT molecular complexity index is 840. The molecule has 28 heavy (non-hydrogen) atoms. The van der Waals surface area contributed by atoms with Gasteiger partial charge >= 0.3 is 6.03 Å². The monoisotopic (exact) mass is 405 g/mol. The summed E-state index contributed by atoms with van der Waals surface area (Å²) < 4.78 is 10.8. The van der Waals surface area contributed by atoms with Gasteiger partial charge in [-0.25, -0.2) is 9.78 Å². The van der Waals surface area contributed by atoms with Crippen LogP contribution in [0.4, 0.5) is 16.3 Å². The van der Waals surface area contributed by atoms with Gasteiger partial charge in [-0.05, 0) is 32.0 Å². The highest BCUT2D eigenvalue weighted by Gasteiger charge is 2.23. The summed E-state index contributed by atoms with van der Waals surface area (Å²) in [5.41, 5.74) is 0.551. The van der Waals surface area contributed by atoms with Gasteiger partial charge < -0.3 is 24.6 Å². The molecule has 0 saturated carbocycles. The highest BCUT2D eigenvalue weighted by atomic mass is 35.5. The first-order chi connectivity index (χ1) is 13.5. The maximum absolute atomic E-state index is 12.6. The van der Waals surface area contributed by atoms with Gasteiger partial charge in [0.25, 0.3) is 0 Å². The normalized spacial score (nSPS) is 14.0. The van der Waals surface area contributed by atoms with Crippen LogP contribution in [0.5, 0.6) is 11.6 Å². The van der Waals surface area contributed by atoms with Crippen LogP contribution in [-0.4, -0.2) is 60.8 Å². The number of aryl methyl sites for hydroxylation is 1. The molecule has 1 saturated heterocycles. The van der Waals surface area contributed by atoms with Crippen LogP contribution in [-0.2, 0) is 0 Å². The fourth-order valence-corrected chi connectivity index (χ4v) is 3.19. The predicted molar refractivity (Wildman–Crippen MR) is 109 cm³/mol. The van der Waals surface area contributed by atoms with Crippen molar-refractivity contribution in [3.63, 3.8) is 0 Å². The lowest BCUT2D eigenvalue weighted by Crippen LogP contribution is -2.50. The number of piperazine rings is 1. The highest BCUT2D eigenvalue weighted by molar-refractivity contribution is 6.31. The number of amides is 2. The molecule has 0 spiro atoms. The van der Waals surface area contributed by atoms with Crippen LogP contribution in [0.25, 0.3) is 0 Å². The molecule has 150 valence electrons. The number of nitrogens with one attached hydrogen (secondary N) is 1. The van der Waals surface area contributed by atoms with Gasteiger partial charge in [0.1, 0.15) is 17.4 Å². The van der Waals surface area contributed by atoms with E-state index in [1.807, 2.05) is 19.9 Å². The van der Waals surface area contributed by atoms with Crippen molar-refractivity contribution in [2.24, 2.45) is 0 Å². The zero-order valence-electron chi connectivity index (χ0n) is 16.2. The molecule has 2 aromatic rings. The molecular weight excluding hydrogens is 382 g/mol. The van der Waals surface area contributed by atoms with Crippen molar-refractivity contribution in [1.82, 2.24) is 14.9 Å². The zero-order valence-corrected chi connectivity index (χ0v) is 17.0. The molecule has 2 amide bonds. The molecule has 9 heteroatoms. The maximum atomic E-state index is 12.6. The summed E-state index contributed by atoms with van der Waals surface area (Å²) in [6, 6.07) is 6.77. The van der Waals surface area contributed by atoms with E-state index >= 15 is 0 Å². The van der Waals surface area contributed by atoms with Crippen LogP contribution in [0.15, 0.2) is 24.3 Å². The van der Waals surface area contributed by atoms with Crippen molar-refractivity contribution in [3.05, 3.63) is 35.1 Å². The number of carbonyl (C=O) groups is 1. The SMILES string of the molecule is CCOc1cc(N2CCN(C(=O)Nc3cc(Cl)ccc3OC)CC2)nc(C)n1. The van der Waals surface area contributed by atoms with E-state index in [1.54, 1.807) is 30.2 Å². The Morgan fingerprint density at radius 3 is 2.64 bits per heavy atom. The summed E-state index contributed by atoms with van der Waals surface area (Å²) in [4.78, 5) is 25.3. The number of urea groups is 1. The van der Waals surface area contributed by atoms with E-state index in [0.29, 0.717) is 60.9 Å². The van der Waals surface area contributed by atoms with Crippen molar-refractivity contribution in [1.29, 1.82) is 0 Å². The summed E-state index contributed by atoms with van der Waals surface area (Å²) in [6.45, 7) is 6.79. The molecule has 1 N–H and O–H groups in total. The first-order valence-electron chi connectivity index (χ1n) is 9.13. The Balaban J connectivity index is 1.62. The Kier molecular flexibility index (Phi) is 6.41. The third-order valence-corrected chi connectivity index (χ3v) is 4.62. The van der Waals surface area contributed by atoms with Gasteiger partial charge in [0, 0.05) is 37.3 Å². The number of ether oxygens (including phenoxy) is 2. The number of hydrogen-bond donors (Lipinski definition) is 1. The number of methoxy groups -OCH3 is 1. The van der Waals surface area contributed by atoms with Crippen LogP contribution in [0.1, 0.15) is 12.7 Å². The first-order valence-corrected chi connectivity index (χ1v) is 9.51. The number of anilines is 2. The number of carbonyl (C=O) groups excluding carboxylic acids is 1. The second-order valence-electron chi connectivity index (χ2n) is 6.29. The number of benzene rings is 1. The maximum Gasteiger partial charge on any atom is 0.322 e. The van der Waals surface area contributed by atoms with Crippen molar-refractivity contribution in [2.75, 3.05) is 50.1 Å². The van der Waals surface area contributed by atoms with Gasteiger partial charge in [-0.1, -0.05) is 11.6 Å². The average molecular weight is 406 g/mol. The molecule has 0 radical (unpaired) electrons. The van der Waals surface area contributed by atoms with Gasteiger partial charge in [-0.2, -0.15) is 4.98 Å². The quantitative estimate of drug-likeness (QED) is 0.822. The van der Waals surface area contributed by atoms with E-state index in [0.717, 1.165) is 5.82 Å². The summed E-state index contributed by atoms with van der Waals surface area (Å²) in [7, 11) is 1.55. The van der Waals surface area contributed by atoms with E-state index in [-0.39, 0.29) is 6.03 Å². The molecule has 1 aromatic heterocycles. The summed E-state index contributed by atoms with van der Waals surface area (Å²) in [6.07, 6.45) is 0. The van der Waals surface area contributed by atoms with Crippen molar-refractivity contribution >= 4 is 29.1 Å². The number of hydrogen-bond acceptors (Lipinski definition) is 6. The lowest BCUT2D eigenvalue weighted by Gasteiger charge is -2.35. The zero-order chi connectivity index (χ0) is 20.1. The minimum absolute atomic E-state index is 0.186. The minimum Gasteiger partial charge on any atom is -0.495 e. The van der Waals surface area contributed by atoms with Gasteiger partial charge in [0.05, 0.1) is 19.4 Å². The third-order valence-electron chi connectivity index (χ3n) is 4.39. The lowest BCUT2D eigenvalue weighted by atomic mass is 10.3. The molecule has 1 fully saturated rings. The lowest BCUT2D eigenvalue weighted by molar-refractivity contribution is 0.208. The molecule has 8 nitrogen and oxygen atoms in total. The van der Waals surface area contributed by atoms with E-state index in [4.69, 9.17) is 21.1 Å². The van der Waals surface area contributed by atoms with E-state index in [2.05, 4.69) is 20.2 Å². The van der Waals surface area contributed by atoms with Gasteiger partial charge in [-0.15, -0.1) is 0 Å². The number of nitrogens with zero attached hydrogens (tertiary/aromatic N) is 4. The van der Waals surface area contributed by atoms with E-state index in [1.165, 1.54) is 0 Å². The van der Waals surface area contributed by atoms with Gasteiger partial charge in [0.15, 0.2) is 0 Å². The molecule has 0 unspecified atom stereocenters. The standard InChI is InChI=1S/C19H24ClN5O3/c1-4-28-18-12-17(21-13(2)22-18)24-7-9-25(10-8-24)19(26)23-15-11-14(20)5-6-16(15)27-3/h5-6,11-12H,4,7-10H2,1-3H3,(H,23,26). The summed E-state index contributed by atoms with van der Waals surface area (Å²) in [5.74, 6) is 2.61. The molecule has 0 bridgehead atoms. The molecular formula is C19H24ClN5O3. The molecule has 3 rings (SSSR count). The Labute approximate surface area is 169 Å². The second kappa shape index (κ2) is 8.97. The van der Waals surface area contributed by atoms with Gasteiger partial charge in [0.2, 0.25) is 5.88 Å². The Morgan fingerprint density at radius 1 is 1.21 bits per heavy atom. The summed E-state index contributed by atoms with van der Waals surface area (Å²) in [5, 5.41) is 3.41. The molecule has 1 aliphatic rings. The Morgan fingerprint density at radius 2 is 1.96 bits per heavy atom. The number of rotatable bonds is 5. The van der Waals surface area contributed by atoms with Crippen molar-refractivity contribution in [2.45, 2.75) is 13.8 Å². The molecule has 0 atom stereocenters. The van der Waals surface area contributed by atoms with Crippen LogP contribution < -0.4 is 19.7 Å². The van der Waals surface area contributed by atoms with Crippen molar-refractivity contribution < 1.29 is 14.3 Å². The Hall–Kier alpha value is -2.74. The largest absolute Gasteiger partial charge is 0.495 e. The van der Waals surface area contributed by atoms with E-state index < -0.39 is 0 Å². The second-order valence-corrected chi connectivity index (χ2v) is 6.73. The average Bonchev–Trinajstić information content (AvgIpc) is 2.68. The summed E-state index contributed by atoms with van der Waals surface area (Å²) >= 11 is 6.03. The van der Waals surface area contributed by atoms with Crippen LogP contribution in [0.2, 0.25) is 5.02 Å². The number of halogens is 1. The predicted octanol–water partition coefficient (Wildman–Crippen LogP) is 3.20. The van der Waals surface area contributed by atoms with Crippen molar-refractivity contribution in [3.8, 4) is 11.6 Å². The fourth-order valence-electron chi connectivity index (χ4n) is 3.02. The number of aromatic nitrogens is 2. The minimum atomic E-state index is -0.186. The smallest absolute Gasteiger partial charge is 0.322 e. The molecule has 0 aliphatic carbocycles. The third kappa shape index (κ3) is 4.75. The first kappa shape index (κ1) is 20.0. The van der Waals surface area contributed by atoms with Crippen LogP contribution >= 0.6 is 11.6 Å².